The molecule has 2 N–H and O–H groups in total. The van der Waals surface area contributed by atoms with Crippen molar-refractivity contribution in [1.82, 2.24) is 5.32 Å². The number of benzene rings is 1. The summed E-state index contributed by atoms with van der Waals surface area (Å²) in [5.41, 5.74) is 0.435. The number of aliphatic hydroxyl groups excluding tert-OH is 1. The topological polar surface area (TPSA) is 58.6 Å². The number of amides is 1. The molecule has 17 heavy (non-hydrogen) atoms. The molecule has 1 amide bonds. The smallest absolute Gasteiger partial charge is 0.408 e. The lowest BCUT2D eigenvalue weighted by molar-refractivity contribution is -0.0406. The number of carbonyl (C=O) groups excluding carboxylic acids is 1. The molecule has 1 unspecified atom stereocenters. The van der Waals surface area contributed by atoms with Crippen molar-refractivity contribution in [3.8, 4) is 0 Å². The maximum Gasteiger partial charge on any atom is 0.408 e. The Morgan fingerprint density at radius 3 is 2.53 bits per heavy atom. The summed E-state index contributed by atoms with van der Waals surface area (Å²) in [6, 6.07) is 4.53. The standard InChI is InChI=1S/C11H11Cl2NO3/c1-5-9(15)10(17-11(16)14-5)8-6(12)3-2-4-7(8)13/h2-5,9-10,15H,1H3,(H,14,16)/t5?,9-,10-/m0/s1. The van der Waals surface area contributed by atoms with Crippen molar-refractivity contribution in [2.75, 3.05) is 0 Å². The van der Waals surface area contributed by atoms with E-state index >= 15 is 0 Å². The van der Waals surface area contributed by atoms with Crippen LogP contribution in [0, 0.1) is 0 Å². The highest BCUT2D eigenvalue weighted by atomic mass is 35.5. The van der Waals surface area contributed by atoms with Gasteiger partial charge in [-0.2, -0.15) is 0 Å². The molecule has 6 heteroatoms. The van der Waals surface area contributed by atoms with Crippen LogP contribution in [0.25, 0.3) is 0 Å². The Morgan fingerprint density at radius 1 is 1.35 bits per heavy atom. The van der Waals surface area contributed by atoms with Gasteiger partial charge in [0, 0.05) is 15.6 Å². The molecular formula is C11H11Cl2NO3. The molecule has 1 aliphatic heterocycles. The minimum atomic E-state index is -0.898. The number of carbonyl (C=O) groups is 1. The van der Waals surface area contributed by atoms with Crippen LogP contribution in [0.15, 0.2) is 18.2 Å². The minimum absolute atomic E-state index is 0.364. The van der Waals surface area contributed by atoms with E-state index in [1.807, 2.05) is 0 Å². The first-order valence-electron chi connectivity index (χ1n) is 5.10. The number of aliphatic hydroxyl groups is 1. The molecule has 2 rings (SSSR count). The monoisotopic (exact) mass is 275 g/mol. The van der Waals surface area contributed by atoms with Crippen molar-refractivity contribution < 1.29 is 14.6 Å². The first-order valence-corrected chi connectivity index (χ1v) is 5.85. The van der Waals surface area contributed by atoms with Crippen molar-refractivity contribution in [1.29, 1.82) is 0 Å². The number of alkyl carbamates (subject to hydrolysis) is 1. The third-order valence-corrected chi connectivity index (χ3v) is 3.35. The SMILES string of the molecule is CC1NC(=O)O[C@@H](c2c(Cl)cccc2Cl)[C@H]1O. The van der Waals surface area contributed by atoms with E-state index in [1.165, 1.54) is 0 Å². The van der Waals surface area contributed by atoms with Crippen LogP contribution in [0.3, 0.4) is 0 Å². The zero-order valence-corrected chi connectivity index (χ0v) is 10.5. The van der Waals surface area contributed by atoms with E-state index in [-0.39, 0.29) is 0 Å². The number of halogens is 2. The molecular weight excluding hydrogens is 265 g/mol. The first-order chi connectivity index (χ1) is 8.00. The second-order valence-corrected chi connectivity index (χ2v) is 4.70. The summed E-state index contributed by atoms with van der Waals surface area (Å²) in [5.74, 6) is 0. The van der Waals surface area contributed by atoms with Crippen LogP contribution in [0.1, 0.15) is 18.6 Å². The summed E-state index contributed by atoms with van der Waals surface area (Å²) in [7, 11) is 0. The van der Waals surface area contributed by atoms with Gasteiger partial charge in [0.1, 0.15) is 6.10 Å². The van der Waals surface area contributed by atoms with E-state index in [0.717, 1.165) is 0 Å². The Balaban J connectivity index is 2.41. The van der Waals surface area contributed by atoms with Crippen LogP contribution in [0.5, 0.6) is 0 Å². The van der Waals surface area contributed by atoms with Gasteiger partial charge in [0.05, 0.1) is 6.04 Å². The number of hydrogen-bond donors (Lipinski definition) is 2. The highest BCUT2D eigenvalue weighted by Crippen LogP contribution is 2.36. The van der Waals surface area contributed by atoms with Gasteiger partial charge >= 0.3 is 6.09 Å². The molecule has 1 aliphatic rings. The predicted molar refractivity (Wildman–Crippen MR) is 64.3 cm³/mol. The molecule has 1 fully saturated rings. The average Bonchev–Trinajstić information content (AvgIpc) is 2.24. The number of rotatable bonds is 1. The van der Waals surface area contributed by atoms with Gasteiger partial charge in [0.2, 0.25) is 0 Å². The van der Waals surface area contributed by atoms with E-state index in [0.29, 0.717) is 15.6 Å². The van der Waals surface area contributed by atoms with Crippen molar-refractivity contribution in [3.05, 3.63) is 33.8 Å². The van der Waals surface area contributed by atoms with Crippen molar-refractivity contribution in [2.45, 2.75) is 25.2 Å². The van der Waals surface area contributed by atoms with E-state index < -0.39 is 24.3 Å². The Kier molecular flexibility index (Phi) is 3.47. The van der Waals surface area contributed by atoms with Crippen LogP contribution in [-0.2, 0) is 4.74 Å². The van der Waals surface area contributed by atoms with Gasteiger partial charge < -0.3 is 15.2 Å². The lowest BCUT2D eigenvalue weighted by Crippen LogP contribution is -2.51. The van der Waals surface area contributed by atoms with E-state index in [1.54, 1.807) is 25.1 Å². The molecule has 4 nitrogen and oxygen atoms in total. The summed E-state index contributed by atoms with van der Waals surface area (Å²) in [6.07, 6.45) is -2.34. The van der Waals surface area contributed by atoms with Gasteiger partial charge in [-0.15, -0.1) is 0 Å². The number of cyclic esters (lactones) is 1. The minimum Gasteiger partial charge on any atom is -0.438 e. The number of hydrogen-bond acceptors (Lipinski definition) is 3. The molecule has 92 valence electrons. The average molecular weight is 276 g/mol. The summed E-state index contributed by atoms with van der Waals surface area (Å²) in [4.78, 5) is 11.3. The van der Waals surface area contributed by atoms with Crippen molar-refractivity contribution in [3.63, 3.8) is 0 Å². The zero-order chi connectivity index (χ0) is 12.6. The fourth-order valence-corrected chi connectivity index (χ4v) is 2.38. The Morgan fingerprint density at radius 2 is 1.94 bits per heavy atom. The summed E-state index contributed by atoms with van der Waals surface area (Å²) in [6.45, 7) is 1.68. The Labute approximate surface area is 108 Å². The van der Waals surface area contributed by atoms with Gasteiger partial charge in [-0.25, -0.2) is 4.79 Å². The Hall–Kier alpha value is -0.970. The third-order valence-electron chi connectivity index (χ3n) is 2.69. The van der Waals surface area contributed by atoms with Crippen LogP contribution in [-0.4, -0.2) is 23.3 Å². The molecule has 3 atom stereocenters. The van der Waals surface area contributed by atoms with Gasteiger partial charge in [0.15, 0.2) is 6.10 Å². The molecule has 1 aromatic rings. The molecule has 0 radical (unpaired) electrons. The number of ether oxygens (including phenoxy) is 1. The van der Waals surface area contributed by atoms with Crippen LogP contribution in [0.2, 0.25) is 10.0 Å². The zero-order valence-electron chi connectivity index (χ0n) is 8.98. The number of nitrogens with one attached hydrogen (secondary N) is 1. The van der Waals surface area contributed by atoms with Gasteiger partial charge in [-0.05, 0) is 19.1 Å². The highest BCUT2D eigenvalue weighted by Gasteiger charge is 2.37. The van der Waals surface area contributed by atoms with Crippen molar-refractivity contribution in [2.24, 2.45) is 0 Å². The van der Waals surface area contributed by atoms with Gasteiger partial charge in [-0.3, -0.25) is 0 Å². The second-order valence-electron chi connectivity index (χ2n) is 3.88. The fraction of sp³-hybridized carbons (Fsp3) is 0.364. The Bertz CT molecular complexity index is 432. The molecule has 0 spiro atoms. The molecule has 1 aromatic carbocycles. The van der Waals surface area contributed by atoms with Crippen LogP contribution < -0.4 is 5.32 Å². The van der Waals surface area contributed by atoms with Crippen molar-refractivity contribution >= 4 is 29.3 Å². The van der Waals surface area contributed by atoms with E-state index in [2.05, 4.69) is 5.32 Å². The first kappa shape index (κ1) is 12.5. The van der Waals surface area contributed by atoms with Crippen LogP contribution in [0.4, 0.5) is 4.79 Å². The quantitative estimate of drug-likeness (QED) is 0.828. The highest BCUT2D eigenvalue weighted by molar-refractivity contribution is 6.36. The van der Waals surface area contributed by atoms with Gasteiger partial charge in [0.25, 0.3) is 0 Å². The molecule has 1 heterocycles. The lowest BCUT2D eigenvalue weighted by Gasteiger charge is -2.34. The predicted octanol–water partition coefficient (Wildman–Crippen LogP) is 2.52. The maximum absolute atomic E-state index is 11.3. The van der Waals surface area contributed by atoms with E-state index in [4.69, 9.17) is 27.9 Å². The summed E-state index contributed by atoms with van der Waals surface area (Å²) in [5, 5.41) is 13.2. The molecule has 0 bridgehead atoms. The maximum atomic E-state index is 11.3. The largest absolute Gasteiger partial charge is 0.438 e. The molecule has 0 aliphatic carbocycles. The van der Waals surface area contributed by atoms with Crippen LogP contribution >= 0.6 is 23.2 Å². The summed E-state index contributed by atoms with van der Waals surface area (Å²) >= 11 is 12.0. The molecule has 0 aromatic heterocycles. The second kappa shape index (κ2) is 4.72. The molecule has 0 saturated carbocycles. The molecule has 1 saturated heterocycles. The third kappa shape index (κ3) is 2.34. The lowest BCUT2D eigenvalue weighted by atomic mass is 9.98. The fourth-order valence-electron chi connectivity index (χ4n) is 1.76. The van der Waals surface area contributed by atoms with E-state index in [9.17, 15) is 9.90 Å². The summed E-state index contributed by atoms with van der Waals surface area (Å²) < 4.78 is 5.05. The van der Waals surface area contributed by atoms with Gasteiger partial charge in [-0.1, -0.05) is 29.3 Å². The normalized spacial score (nSPS) is 28.5.